The van der Waals surface area contributed by atoms with Gasteiger partial charge in [-0.05, 0) is 49.8 Å². The molecule has 3 N–H and O–H groups in total. The third-order valence-corrected chi connectivity index (χ3v) is 5.61. The first-order valence-electron chi connectivity index (χ1n) is 9.88. The molecule has 3 amide bonds. The van der Waals surface area contributed by atoms with E-state index in [0.29, 0.717) is 36.4 Å². The van der Waals surface area contributed by atoms with Gasteiger partial charge in [-0.1, -0.05) is 18.6 Å². The molecule has 1 aromatic carbocycles. The van der Waals surface area contributed by atoms with Crippen LogP contribution in [0.15, 0.2) is 28.7 Å². The number of nitrogens with one attached hydrogen (secondary N) is 1. The molecule has 0 bridgehead atoms. The lowest BCUT2D eigenvalue weighted by molar-refractivity contribution is 0.1000. The predicted octanol–water partition coefficient (Wildman–Crippen LogP) is 2.87. The first-order valence-corrected chi connectivity index (χ1v) is 9.88. The summed E-state index contributed by atoms with van der Waals surface area (Å²) in [6.45, 7) is 0.972. The molecule has 1 aliphatic carbocycles. The zero-order valence-corrected chi connectivity index (χ0v) is 15.8. The van der Waals surface area contributed by atoms with E-state index >= 15 is 0 Å². The number of urea groups is 1. The third-order valence-electron chi connectivity index (χ3n) is 5.61. The molecule has 1 atom stereocenters. The van der Waals surface area contributed by atoms with Crippen LogP contribution < -0.4 is 11.1 Å². The van der Waals surface area contributed by atoms with E-state index in [-0.39, 0.29) is 12.1 Å². The SMILES string of the molecule is NC(=O)c1cccc(CNC(=O)N2CCCCC2c2nnc(C3CCC3)o2)c1. The van der Waals surface area contributed by atoms with Crippen molar-refractivity contribution in [3.8, 4) is 0 Å². The van der Waals surface area contributed by atoms with Gasteiger partial charge >= 0.3 is 6.03 Å². The van der Waals surface area contributed by atoms with Crippen LogP contribution in [-0.2, 0) is 6.54 Å². The smallest absolute Gasteiger partial charge is 0.318 e. The second kappa shape index (κ2) is 8.00. The van der Waals surface area contributed by atoms with Crippen molar-refractivity contribution in [2.45, 2.75) is 57.0 Å². The first kappa shape index (κ1) is 18.5. The minimum Gasteiger partial charge on any atom is -0.423 e. The molecule has 4 rings (SSSR count). The molecule has 2 fully saturated rings. The van der Waals surface area contributed by atoms with Gasteiger partial charge in [0.2, 0.25) is 17.7 Å². The van der Waals surface area contributed by atoms with Crippen LogP contribution >= 0.6 is 0 Å². The Morgan fingerprint density at radius 3 is 2.71 bits per heavy atom. The summed E-state index contributed by atoms with van der Waals surface area (Å²) < 4.78 is 5.92. The van der Waals surface area contributed by atoms with E-state index in [4.69, 9.17) is 10.2 Å². The van der Waals surface area contributed by atoms with E-state index in [0.717, 1.165) is 37.7 Å². The number of primary amides is 1. The van der Waals surface area contributed by atoms with Gasteiger partial charge in [0, 0.05) is 24.6 Å². The van der Waals surface area contributed by atoms with Crippen LogP contribution in [0.4, 0.5) is 4.79 Å². The minimum absolute atomic E-state index is 0.169. The Morgan fingerprint density at radius 2 is 1.96 bits per heavy atom. The van der Waals surface area contributed by atoms with Crippen molar-refractivity contribution < 1.29 is 14.0 Å². The maximum absolute atomic E-state index is 12.8. The molecule has 8 nitrogen and oxygen atoms in total. The summed E-state index contributed by atoms with van der Waals surface area (Å²) in [5.41, 5.74) is 6.57. The Kier molecular flexibility index (Phi) is 5.27. The highest BCUT2D eigenvalue weighted by Gasteiger charge is 2.33. The number of amides is 3. The Labute approximate surface area is 163 Å². The molecule has 8 heteroatoms. The second-order valence-electron chi connectivity index (χ2n) is 7.53. The average molecular weight is 383 g/mol. The number of benzene rings is 1. The fraction of sp³-hybridized carbons (Fsp3) is 0.500. The molecule has 1 aromatic heterocycles. The highest BCUT2D eigenvalue weighted by atomic mass is 16.4. The monoisotopic (exact) mass is 383 g/mol. The van der Waals surface area contributed by atoms with Crippen molar-refractivity contribution in [2.75, 3.05) is 6.54 Å². The topological polar surface area (TPSA) is 114 Å². The number of hydrogen-bond donors (Lipinski definition) is 2. The van der Waals surface area contributed by atoms with Gasteiger partial charge in [0.25, 0.3) is 0 Å². The van der Waals surface area contributed by atoms with Crippen LogP contribution in [0.5, 0.6) is 0 Å². The lowest BCUT2D eigenvalue weighted by atomic mass is 9.85. The van der Waals surface area contributed by atoms with E-state index < -0.39 is 5.91 Å². The predicted molar refractivity (Wildman–Crippen MR) is 101 cm³/mol. The number of hydrogen-bond acceptors (Lipinski definition) is 5. The molecule has 148 valence electrons. The number of carbonyl (C=O) groups excluding carboxylic acids is 2. The van der Waals surface area contributed by atoms with Crippen molar-refractivity contribution in [1.29, 1.82) is 0 Å². The molecule has 2 aliphatic rings. The van der Waals surface area contributed by atoms with Gasteiger partial charge < -0.3 is 20.4 Å². The van der Waals surface area contributed by atoms with Gasteiger partial charge in [-0.25, -0.2) is 4.79 Å². The maximum atomic E-state index is 12.8. The Bertz CT molecular complexity index is 861. The summed E-state index contributed by atoms with van der Waals surface area (Å²) in [7, 11) is 0. The summed E-state index contributed by atoms with van der Waals surface area (Å²) in [4.78, 5) is 25.9. The van der Waals surface area contributed by atoms with Crippen LogP contribution in [0, 0.1) is 0 Å². The third kappa shape index (κ3) is 3.85. The summed E-state index contributed by atoms with van der Waals surface area (Å²) >= 11 is 0. The van der Waals surface area contributed by atoms with Crippen LogP contribution in [0.2, 0.25) is 0 Å². The Morgan fingerprint density at radius 1 is 1.14 bits per heavy atom. The molecule has 1 unspecified atom stereocenters. The molecular weight excluding hydrogens is 358 g/mol. The zero-order valence-electron chi connectivity index (χ0n) is 15.8. The maximum Gasteiger partial charge on any atom is 0.318 e. The summed E-state index contributed by atoms with van der Waals surface area (Å²) in [5.74, 6) is 1.13. The normalized spacial score (nSPS) is 19.9. The Hall–Kier alpha value is -2.90. The molecule has 1 saturated carbocycles. The Balaban J connectivity index is 1.42. The average Bonchev–Trinajstić information content (AvgIpc) is 3.14. The molecular formula is C20H25N5O3. The number of nitrogens with zero attached hydrogens (tertiary/aromatic N) is 3. The van der Waals surface area contributed by atoms with E-state index in [2.05, 4.69) is 15.5 Å². The van der Waals surface area contributed by atoms with Crippen molar-refractivity contribution in [1.82, 2.24) is 20.4 Å². The van der Waals surface area contributed by atoms with Gasteiger partial charge in [0.05, 0.1) is 0 Å². The number of likely N-dealkylation sites (tertiary alicyclic amines) is 1. The number of nitrogens with two attached hydrogens (primary N) is 1. The van der Waals surface area contributed by atoms with Crippen LogP contribution in [0.25, 0.3) is 0 Å². The lowest BCUT2D eigenvalue weighted by Gasteiger charge is -2.33. The van der Waals surface area contributed by atoms with Crippen molar-refractivity contribution in [3.63, 3.8) is 0 Å². The summed E-state index contributed by atoms with van der Waals surface area (Å²) in [5, 5.41) is 11.4. The fourth-order valence-electron chi connectivity index (χ4n) is 3.75. The standard InChI is InChI=1S/C20H25N5O3/c21-17(26)15-8-3-5-13(11-15)12-22-20(27)25-10-2-1-9-16(25)19-24-23-18(28-19)14-6-4-7-14/h3,5,8,11,14,16H,1-2,4,6-7,9-10,12H2,(H2,21,26)(H,22,27). The van der Waals surface area contributed by atoms with Gasteiger partial charge in [-0.15, -0.1) is 10.2 Å². The summed E-state index contributed by atoms with van der Waals surface area (Å²) in [6, 6.07) is 6.60. The van der Waals surface area contributed by atoms with E-state index in [1.807, 2.05) is 6.07 Å². The van der Waals surface area contributed by atoms with Gasteiger partial charge in [-0.3, -0.25) is 4.79 Å². The number of aromatic nitrogens is 2. The zero-order chi connectivity index (χ0) is 19.5. The van der Waals surface area contributed by atoms with Crippen molar-refractivity contribution in [3.05, 3.63) is 47.2 Å². The van der Waals surface area contributed by atoms with Crippen LogP contribution in [0.1, 0.15) is 78.2 Å². The van der Waals surface area contributed by atoms with Gasteiger partial charge in [0.15, 0.2) is 0 Å². The van der Waals surface area contributed by atoms with Crippen molar-refractivity contribution >= 4 is 11.9 Å². The number of piperidine rings is 1. The van der Waals surface area contributed by atoms with Crippen LogP contribution in [-0.4, -0.2) is 33.6 Å². The van der Waals surface area contributed by atoms with Crippen LogP contribution in [0.3, 0.4) is 0 Å². The van der Waals surface area contributed by atoms with E-state index in [9.17, 15) is 9.59 Å². The molecule has 2 aromatic rings. The molecule has 2 heterocycles. The fourth-order valence-corrected chi connectivity index (χ4v) is 3.75. The molecule has 0 radical (unpaired) electrons. The van der Waals surface area contributed by atoms with E-state index in [1.165, 1.54) is 6.42 Å². The number of rotatable bonds is 5. The molecule has 1 saturated heterocycles. The van der Waals surface area contributed by atoms with Gasteiger partial charge in [0.1, 0.15) is 6.04 Å². The minimum atomic E-state index is -0.483. The quantitative estimate of drug-likeness (QED) is 0.824. The highest BCUT2D eigenvalue weighted by Crippen LogP contribution is 2.37. The van der Waals surface area contributed by atoms with Crippen molar-refractivity contribution in [2.24, 2.45) is 5.73 Å². The van der Waals surface area contributed by atoms with E-state index in [1.54, 1.807) is 23.1 Å². The second-order valence-corrected chi connectivity index (χ2v) is 7.53. The molecule has 28 heavy (non-hydrogen) atoms. The first-order chi connectivity index (χ1) is 13.6. The molecule has 0 spiro atoms. The number of carbonyl (C=O) groups is 2. The highest BCUT2D eigenvalue weighted by molar-refractivity contribution is 5.92. The molecule has 1 aliphatic heterocycles. The summed E-state index contributed by atoms with van der Waals surface area (Å²) in [6.07, 6.45) is 6.19. The largest absolute Gasteiger partial charge is 0.423 e. The van der Waals surface area contributed by atoms with Gasteiger partial charge in [-0.2, -0.15) is 0 Å². The lowest BCUT2D eigenvalue weighted by Crippen LogP contribution is -2.44.